The molecule has 1 amide bonds. The van der Waals surface area contributed by atoms with Gasteiger partial charge in [0.15, 0.2) is 0 Å². The Morgan fingerprint density at radius 1 is 1.25 bits per heavy atom. The van der Waals surface area contributed by atoms with Gasteiger partial charge in [-0.15, -0.1) is 11.6 Å². The molecular weight excluding hydrogens is 300 g/mol. The second-order valence-corrected chi connectivity index (χ2v) is 7.33. The fourth-order valence-corrected chi connectivity index (χ4v) is 3.60. The third-order valence-electron chi connectivity index (χ3n) is 3.19. The minimum absolute atomic E-state index is 0.247. The first-order chi connectivity index (χ1) is 9.41. The molecule has 1 aromatic rings. The number of nitrogens with zero attached hydrogens (tertiary/aromatic N) is 1. The van der Waals surface area contributed by atoms with Gasteiger partial charge in [0.1, 0.15) is 5.38 Å². The summed E-state index contributed by atoms with van der Waals surface area (Å²) in [5.74, 6) is -0.318. The van der Waals surface area contributed by atoms with Crippen LogP contribution >= 0.6 is 11.6 Å². The average molecular weight is 317 g/mol. The summed E-state index contributed by atoms with van der Waals surface area (Å²) in [5, 5.41) is 1.97. The highest BCUT2D eigenvalue weighted by Crippen LogP contribution is 2.22. The maximum atomic E-state index is 12.3. The van der Waals surface area contributed by atoms with Crippen molar-refractivity contribution in [3.8, 4) is 0 Å². The lowest BCUT2D eigenvalue weighted by Crippen LogP contribution is -2.27. The fourth-order valence-electron chi connectivity index (χ4n) is 2.03. The summed E-state index contributed by atoms with van der Waals surface area (Å²) in [5.41, 5.74) is 0.530. The van der Waals surface area contributed by atoms with Crippen LogP contribution in [0.4, 0.5) is 5.69 Å². The minimum atomic E-state index is -3.41. The van der Waals surface area contributed by atoms with Crippen LogP contribution in [0.1, 0.15) is 19.8 Å². The summed E-state index contributed by atoms with van der Waals surface area (Å²) >= 11 is 5.65. The van der Waals surface area contributed by atoms with E-state index in [0.717, 1.165) is 12.8 Å². The molecule has 20 heavy (non-hydrogen) atoms. The maximum Gasteiger partial charge on any atom is 0.243 e. The summed E-state index contributed by atoms with van der Waals surface area (Å²) in [7, 11) is -3.41. The van der Waals surface area contributed by atoms with E-state index in [9.17, 15) is 13.2 Å². The normalized spacial score (nSPS) is 17.9. The lowest BCUT2D eigenvalue weighted by atomic mass is 10.3. The van der Waals surface area contributed by atoms with Gasteiger partial charge in [0, 0.05) is 18.8 Å². The summed E-state index contributed by atoms with van der Waals surface area (Å²) in [6.07, 6.45) is 1.81. The van der Waals surface area contributed by atoms with E-state index in [4.69, 9.17) is 11.6 Å². The van der Waals surface area contributed by atoms with Crippen molar-refractivity contribution in [2.75, 3.05) is 18.4 Å². The van der Waals surface area contributed by atoms with E-state index in [1.807, 2.05) is 0 Å². The van der Waals surface area contributed by atoms with Crippen molar-refractivity contribution in [1.29, 1.82) is 0 Å². The number of halogens is 1. The highest BCUT2D eigenvalue weighted by atomic mass is 35.5. The summed E-state index contributed by atoms with van der Waals surface area (Å²) in [6.45, 7) is 2.72. The first-order valence-corrected chi connectivity index (χ1v) is 8.34. The number of carbonyl (C=O) groups is 1. The molecule has 2 rings (SSSR count). The molecule has 1 N–H and O–H groups in total. The van der Waals surface area contributed by atoms with Gasteiger partial charge in [-0.25, -0.2) is 8.42 Å². The minimum Gasteiger partial charge on any atom is -0.325 e. The second kappa shape index (κ2) is 6.11. The van der Waals surface area contributed by atoms with E-state index in [1.54, 1.807) is 19.1 Å². The van der Waals surface area contributed by atoms with Gasteiger partial charge in [0.2, 0.25) is 15.9 Å². The molecule has 7 heteroatoms. The third kappa shape index (κ3) is 3.31. The molecular formula is C13H17ClN2O3S. The number of amides is 1. The molecule has 1 aliphatic heterocycles. The number of hydrogen-bond donors (Lipinski definition) is 1. The van der Waals surface area contributed by atoms with Gasteiger partial charge < -0.3 is 5.32 Å². The van der Waals surface area contributed by atoms with Crippen LogP contribution in [-0.2, 0) is 14.8 Å². The van der Waals surface area contributed by atoms with Crippen molar-refractivity contribution >= 4 is 33.2 Å². The molecule has 1 atom stereocenters. The molecule has 1 aliphatic rings. The zero-order chi connectivity index (χ0) is 14.8. The van der Waals surface area contributed by atoms with Crippen molar-refractivity contribution in [2.24, 2.45) is 0 Å². The lowest BCUT2D eigenvalue weighted by Gasteiger charge is -2.15. The Morgan fingerprint density at radius 3 is 2.30 bits per heavy atom. The SMILES string of the molecule is C[C@H](Cl)C(=O)Nc1ccc(S(=O)(=O)N2CCCC2)cc1. The van der Waals surface area contributed by atoms with Crippen molar-refractivity contribution in [2.45, 2.75) is 30.0 Å². The molecule has 1 aromatic carbocycles. The summed E-state index contributed by atoms with van der Waals surface area (Å²) in [4.78, 5) is 11.7. The van der Waals surface area contributed by atoms with Gasteiger partial charge in [-0.05, 0) is 44.0 Å². The number of carbonyl (C=O) groups excluding carboxylic acids is 1. The van der Waals surface area contributed by atoms with Crippen LogP contribution in [0.5, 0.6) is 0 Å². The van der Waals surface area contributed by atoms with Crippen LogP contribution in [0.15, 0.2) is 29.2 Å². The first-order valence-electron chi connectivity index (χ1n) is 6.46. The van der Waals surface area contributed by atoms with Crippen LogP contribution in [0.2, 0.25) is 0 Å². The average Bonchev–Trinajstić information content (AvgIpc) is 2.93. The standard InChI is InChI=1S/C13H17ClN2O3S/c1-10(14)13(17)15-11-4-6-12(7-5-11)20(18,19)16-8-2-3-9-16/h4-7,10H,2-3,8-9H2,1H3,(H,15,17)/t10-/m0/s1. The van der Waals surface area contributed by atoms with Gasteiger partial charge in [0.05, 0.1) is 4.90 Å². The Bertz CT molecular complexity index is 578. The number of hydrogen-bond acceptors (Lipinski definition) is 3. The Kier molecular flexibility index (Phi) is 4.67. The fraction of sp³-hybridized carbons (Fsp3) is 0.462. The van der Waals surface area contributed by atoms with E-state index in [-0.39, 0.29) is 10.8 Å². The molecule has 0 spiro atoms. The Balaban J connectivity index is 2.13. The first kappa shape index (κ1) is 15.3. The summed E-state index contributed by atoms with van der Waals surface area (Å²) in [6, 6.07) is 6.14. The molecule has 0 aliphatic carbocycles. The Hall–Kier alpha value is -1.11. The summed E-state index contributed by atoms with van der Waals surface area (Å²) < 4.78 is 26.1. The van der Waals surface area contributed by atoms with Crippen molar-refractivity contribution in [1.82, 2.24) is 4.31 Å². The molecule has 5 nitrogen and oxygen atoms in total. The van der Waals surface area contributed by atoms with E-state index < -0.39 is 15.4 Å². The topological polar surface area (TPSA) is 66.5 Å². The second-order valence-electron chi connectivity index (χ2n) is 4.74. The van der Waals surface area contributed by atoms with Crippen molar-refractivity contribution < 1.29 is 13.2 Å². The molecule has 0 saturated carbocycles. The number of alkyl halides is 1. The largest absolute Gasteiger partial charge is 0.325 e. The van der Waals surface area contributed by atoms with Crippen LogP contribution in [0.3, 0.4) is 0 Å². The van der Waals surface area contributed by atoms with Crippen LogP contribution in [0.25, 0.3) is 0 Å². The molecule has 1 heterocycles. The van der Waals surface area contributed by atoms with E-state index >= 15 is 0 Å². The highest BCUT2D eigenvalue weighted by Gasteiger charge is 2.26. The molecule has 0 radical (unpaired) electrons. The van der Waals surface area contributed by atoms with Crippen molar-refractivity contribution in [3.63, 3.8) is 0 Å². The number of rotatable bonds is 4. The third-order valence-corrected chi connectivity index (χ3v) is 5.30. The lowest BCUT2D eigenvalue weighted by molar-refractivity contribution is -0.115. The molecule has 0 aromatic heterocycles. The van der Waals surface area contributed by atoms with Crippen molar-refractivity contribution in [3.05, 3.63) is 24.3 Å². The number of anilines is 1. The molecule has 0 bridgehead atoms. The molecule has 1 saturated heterocycles. The van der Waals surface area contributed by atoms with Gasteiger partial charge >= 0.3 is 0 Å². The van der Waals surface area contributed by atoms with Crippen LogP contribution < -0.4 is 5.32 Å². The number of benzene rings is 1. The smallest absolute Gasteiger partial charge is 0.243 e. The predicted octanol–water partition coefficient (Wildman–Crippen LogP) is 2.04. The van der Waals surface area contributed by atoms with Gasteiger partial charge in [-0.2, -0.15) is 4.31 Å². The van der Waals surface area contributed by atoms with Crippen LogP contribution in [0, 0.1) is 0 Å². The molecule has 0 unspecified atom stereocenters. The Labute approximate surface area is 124 Å². The highest BCUT2D eigenvalue weighted by molar-refractivity contribution is 7.89. The monoisotopic (exact) mass is 316 g/mol. The zero-order valence-electron chi connectivity index (χ0n) is 11.2. The molecule has 1 fully saturated rings. The Morgan fingerprint density at radius 2 is 1.80 bits per heavy atom. The van der Waals surface area contributed by atoms with E-state index in [0.29, 0.717) is 18.8 Å². The van der Waals surface area contributed by atoms with Crippen LogP contribution in [-0.4, -0.2) is 37.1 Å². The van der Waals surface area contributed by atoms with Gasteiger partial charge in [-0.3, -0.25) is 4.79 Å². The van der Waals surface area contributed by atoms with E-state index in [1.165, 1.54) is 16.4 Å². The van der Waals surface area contributed by atoms with Gasteiger partial charge in [-0.1, -0.05) is 0 Å². The van der Waals surface area contributed by atoms with Gasteiger partial charge in [0.25, 0.3) is 0 Å². The number of nitrogens with one attached hydrogen (secondary N) is 1. The predicted molar refractivity (Wildman–Crippen MR) is 78.4 cm³/mol. The maximum absolute atomic E-state index is 12.3. The zero-order valence-corrected chi connectivity index (χ0v) is 12.7. The molecule has 110 valence electrons. The number of sulfonamides is 1. The van der Waals surface area contributed by atoms with E-state index in [2.05, 4.69) is 5.32 Å². The quantitative estimate of drug-likeness (QED) is 0.864.